The van der Waals surface area contributed by atoms with E-state index in [4.69, 9.17) is 27.9 Å². The van der Waals surface area contributed by atoms with Crippen molar-refractivity contribution in [2.45, 2.75) is 31.2 Å². The summed E-state index contributed by atoms with van der Waals surface area (Å²) in [6, 6.07) is 6.75. The van der Waals surface area contributed by atoms with E-state index in [1.807, 2.05) is 13.2 Å². The number of likely N-dealkylation sites (tertiary alicyclic amines) is 1. The van der Waals surface area contributed by atoms with Crippen molar-refractivity contribution in [1.82, 2.24) is 4.90 Å². The summed E-state index contributed by atoms with van der Waals surface area (Å²) in [5.41, 5.74) is 1.31. The molecule has 21 heavy (non-hydrogen) atoms. The Kier molecular flexibility index (Phi) is 4.80. The molecule has 1 saturated heterocycles. The van der Waals surface area contributed by atoms with Crippen molar-refractivity contribution in [1.29, 1.82) is 0 Å². The first kappa shape index (κ1) is 15.6. The van der Waals surface area contributed by atoms with E-state index in [-0.39, 0.29) is 0 Å². The number of benzene rings is 1. The fourth-order valence-corrected chi connectivity index (χ4v) is 4.80. The van der Waals surface area contributed by atoms with E-state index < -0.39 is 0 Å². The summed E-state index contributed by atoms with van der Waals surface area (Å²) >= 11 is 12.3. The standard InChI is InChI=1S/C17H23Cl2NO/c1-20-7-3-4-12-8-13(14(10-21-2)17(12)20)11-5-6-15(18)16(19)9-11/h5-6,9,12-14,17H,3-4,7-8,10H2,1-2H3/t12?,13-,14-,17?/m1/s1. The van der Waals surface area contributed by atoms with Crippen LogP contribution in [0.5, 0.6) is 0 Å². The molecule has 2 fully saturated rings. The fourth-order valence-electron chi connectivity index (χ4n) is 4.49. The molecule has 3 rings (SSSR count). The van der Waals surface area contributed by atoms with Gasteiger partial charge in [0.2, 0.25) is 0 Å². The van der Waals surface area contributed by atoms with Gasteiger partial charge in [-0.3, -0.25) is 0 Å². The van der Waals surface area contributed by atoms with Crippen LogP contribution in [0.4, 0.5) is 0 Å². The molecule has 0 aromatic heterocycles. The molecule has 2 unspecified atom stereocenters. The molecule has 116 valence electrons. The van der Waals surface area contributed by atoms with E-state index in [1.165, 1.54) is 31.4 Å². The van der Waals surface area contributed by atoms with Crippen molar-refractivity contribution in [3.63, 3.8) is 0 Å². The topological polar surface area (TPSA) is 12.5 Å². The van der Waals surface area contributed by atoms with Crippen LogP contribution in [0.1, 0.15) is 30.7 Å². The third-order valence-electron chi connectivity index (χ3n) is 5.32. The Labute approximate surface area is 137 Å². The minimum atomic E-state index is 0.523. The Morgan fingerprint density at radius 3 is 2.81 bits per heavy atom. The highest BCUT2D eigenvalue weighted by molar-refractivity contribution is 6.42. The maximum Gasteiger partial charge on any atom is 0.0595 e. The van der Waals surface area contributed by atoms with E-state index >= 15 is 0 Å². The summed E-state index contributed by atoms with van der Waals surface area (Å²) in [6.07, 6.45) is 3.89. The lowest BCUT2D eigenvalue weighted by atomic mass is 9.86. The van der Waals surface area contributed by atoms with Gasteiger partial charge in [0.15, 0.2) is 0 Å². The van der Waals surface area contributed by atoms with Crippen molar-refractivity contribution in [2.24, 2.45) is 11.8 Å². The average molecular weight is 328 g/mol. The Balaban J connectivity index is 1.91. The van der Waals surface area contributed by atoms with Crippen LogP contribution in [-0.2, 0) is 4.74 Å². The minimum Gasteiger partial charge on any atom is -0.384 e. The van der Waals surface area contributed by atoms with Gasteiger partial charge < -0.3 is 9.64 Å². The van der Waals surface area contributed by atoms with Crippen molar-refractivity contribution in [2.75, 3.05) is 27.3 Å². The van der Waals surface area contributed by atoms with Crippen molar-refractivity contribution >= 4 is 23.2 Å². The number of methoxy groups -OCH3 is 1. The molecule has 0 amide bonds. The molecule has 1 aliphatic carbocycles. The maximum absolute atomic E-state index is 6.22. The summed E-state index contributed by atoms with van der Waals surface area (Å²) in [4.78, 5) is 2.54. The van der Waals surface area contributed by atoms with Crippen LogP contribution in [0.3, 0.4) is 0 Å². The molecule has 1 aromatic carbocycles. The van der Waals surface area contributed by atoms with Crippen LogP contribution >= 0.6 is 23.2 Å². The van der Waals surface area contributed by atoms with Crippen LogP contribution in [0, 0.1) is 11.8 Å². The average Bonchev–Trinajstić information content (AvgIpc) is 2.83. The maximum atomic E-state index is 6.22. The molecule has 2 aliphatic rings. The molecule has 4 heteroatoms. The highest BCUT2D eigenvalue weighted by Crippen LogP contribution is 2.49. The zero-order valence-corrected chi connectivity index (χ0v) is 14.2. The smallest absolute Gasteiger partial charge is 0.0595 e. The van der Waals surface area contributed by atoms with Crippen LogP contribution in [0.25, 0.3) is 0 Å². The SMILES string of the molecule is COC[C@H]1C2C(CCCN2C)C[C@@H]1c1ccc(Cl)c(Cl)c1. The second-order valence-electron chi connectivity index (χ2n) is 6.51. The lowest BCUT2D eigenvalue weighted by Crippen LogP contribution is -2.45. The number of hydrogen-bond donors (Lipinski definition) is 0. The van der Waals surface area contributed by atoms with Gasteiger partial charge in [-0.15, -0.1) is 0 Å². The van der Waals surface area contributed by atoms with Gasteiger partial charge in [-0.25, -0.2) is 0 Å². The Morgan fingerprint density at radius 1 is 1.29 bits per heavy atom. The van der Waals surface area contributed by atoms with E-state index in [0.717, 1.165) is 12.5 Å². The number of piperidine rings is 1. The minimum absolute atomic E-state index is 0.523. The van der Waals surface area contributed by atoms with Gasteiger partial charge in [0.05, 0.1) is 16.7 Å². The molecule has 4 atom stereocenters. The first-order valence-electron chi connectivity index (χ1n) is 7.76. The van der Waals surface area contributed by atoms with E-state index in [2.05, 4.69) is 24.1 Å². The first-order valence-corrected chi connectivity index (χ1v) is 8.51. The monoisotopic (exact) mass is 327 g/mol. The molecular weight excluding hydrogens is 305 g/mol. The summed E-state index contributed by atoms with van der Waals surface area (Å²) < 4.78 is 5.54. The molecule has 1 heterocycles. The van der Waals surface area contributed by atoms with Crippen molar-refractivity contribution in [3.8, 4) is 0 Å². The Morgan fingerprint density at radius 2 is 2.10 bits per heavy atom. The van der Waals surface area contributed by atoms with Crippen molar-refractivity contribution in [3.05, 3.63) is 33.8 Å². The van der Waals surface area contributed by atoms with Gasteiger partial charge in [0.1, 0.15) is 0 Å². The summed E-state index contributed by atoms with van der Waals surface area (Å²) in [6.45, 7) is 2.02. The molecular formula is C17H23Cl2NO. The molecule has 0 spiro atoms. The number of hydrogen-bond acceptors (Lipinski definition) is 2. The van der Waals surface area contributed by atoms with Crippen LogP contribution in [0.15, 0.2) is 18.2 Å². The van der Waals surface area contributed by atoms with E-state index in [0.29, 0.717) is 27.9 Å². The molecule has 0 bridgehead atoms. The van der Waals surface area contributed by atoms with Gasteiger partial charge in [0.25, 0.3) is 0 Å². The van der Waals surface area contributed by atoms with Gasteiger partial charge in [-0.2, -0.15) is 0 Å². The van der Waals surface area contributed by atoms with E-state index in [9.17, 15) is 0 Å². The predicted octanol–water partition coefficient (Wildman–Crippen LogP) is 4.45. The second kappa shape index (κ2) is 6.45. The summed E-state index contributed by atoms with van der Waals surface area (Å²) in [5, 5.41) is 1.30. The number of fused-ring (bicyclic) bond motifs is 1. The molecule has 2 nitrogen and oxygen atoms in total. The van der Waals surface area contributed by atoms with Crippen molar-refractivity contribution < 1.29 is 4.74 Å². The Hall–Kier alpha value is -0.280. The number of nitrogens with zero attached hydrogens (tertiary/aromatic N) is 1. The molecule has 0 radical (unpaired) electrons. The number of ether oxygens (including phenoxy) is 1. The number of rotatable bonds is 3. The molecule has 1 saturated carbocycles. The Bertz CT molecular complexity index is 508. The molecule has 1 aromatic rings. The highest BCUT2D eigenvalue weighted by Gasteiger charge is 2.46. The third-order valence-corrected chi connectivity index (χ3v) is 6.06. The van der Waals surface area contributed by atoms with Crippen LogP contribution < -0.4 is 0 Å². The molecule has 0 N–H and O–H groups in total. The molecule has 1 aliphatic heterocycles. The highest BCUT2D eigenvalue weighted by atomic mass is 35.5. The van der Waals surface area contributed by atoms with Crippen LogP contribution in [0.2, 0.25) is 10.0 Å². The number of halogens is 2. The fraction of sp³-hybridized carbons (Fsp3) is 0.647. The quantitative estimate of drug-likeness (QED) is 0.813. The third kappa shape index (κ3) is 2.96. The van der Waals surface area contributed by atoms with Gasteiger partial charge in [-0.05, 0) is 62.4 Å². The zero-order valence-electron chi connectivity index (χ0n) is 12.7. The second-order valence-corrected chi connectivity index (χ2v) is 7.32. The van der Waals surface area contributed by atoms with Crippen LogP contribution in [-0.4, -0.2) is 38.3 Å². The normalized spacial score (nSPS) is 33.1. The lowest BCUT2D eigenvalue weighted by molar-refractivity contribution is 0.0623. The first-order chi connectivity index (χ1) is 10.1. The lowest BCUT2D eigenvalue weighted by Gasteiger charge is -2.38. The predicted molar refractivity (Wildman–Crippen MR) is 88.3 cm³/mol. The van der Waals surface area contributed by atoms with Gasteiger partial charge >= 0.3 is 0 Å². The summed E-state index contributed by atoms with van der Waals surface area (Å²) in [5.74, 6) is 1.85. The van der Waals surface area contributed by atoms with Gasteiger partial charge in [-0.1, -0.05) is 29.3 Å². The zero-order chi connectivity index (χ0) is 15.0. The van der Waals surface area contributed by atoms with E-state index in [1.54, 1.807) is 0 Å². The summed E-state index contributed by atoms with van der Waals surface area (Å²) in [7, 11) is 4.07. The largest absolute Gasteiger partial charge is 0.384 e. The van der Waals surface area contributed by atoms with Gasteiger partial charge in [0, 0.05) is 19.1 Å².